The first-order valence-corrected chi connectivity index (χ1v) is 5.83. The van der Waals surface area contributed by atoms with E-state index in [2.05, 4.69) is 22.4 Å². The highest BCUT2D eigenvalue weighted by Gasteiger charge is 2.26. The molecule has 1 aliphatic carbocycles. The summed E-state index contributed by atoms with van der Waals surface area (Å²) in [5, 5.41) is 3.40. The van der Waals surface area contributed by atoms with Crippen molar-refractivity contribution in [1.82, 2.24) is 4.98 Å². The maximum Gasteiger partial charge on any atom is 0.129 e. The summed E-state index contributed by atoms with van der Waals surface area (Å²) in [5.74, 6) is 1.68. The molecule has 1 aromatic heterocycles. The van der Waals surface area contributed by atoms with E-state index in [0.717, 1.165) is 12.4 Å². The third-order valence-electron chi connectivity index (χ3n) is 3.46. The summed E-state index contributed by atoms with van der Waals surface area (Å²) in [5.41, 5.74) is 3.02. The molecule has 2 nitrogen and oxygen atoms in total. The van der Waals surface area contributed by atoms with Crippen LogP contribution in [0.5, 0.6) is 0 Å². The Labute approximate surface area is 90.4 Å². The van der Waals surface area contributed by atoms with Crippen LogP contribution in [0.1, 0.15) is 37.2 Å². The summed E-state index contributed by atoms with van der Waals surface area (Å²) in [7, 11) is 0. The van der Waals surface area contributed by atoms with Crippen LogP contribution in [0, 0.1) is 0 Å². The Balaban J connectivity index is 1.93. The van der Waals surface area contributed by atoms with Gasteiger partial charge in [-0.2, -0.15) is 0 Å². The van der Waals surface area contributed by atoms with Crippen LogP contribution in [0.2, 0.25) is 0 Å². The lowest BCUT2D eigenvalue weighted by Crippen LogP contribution is -2.07. The lowest BCUT2D eigenvalue weighted by Gasteiger charge is -2.18. The average molecular weight is 200 g/mol. The number of nitrogens with zero attached hydrogens (tertiary/aromatic N) is 1. The van der Waals surface area contributed by atoms with Crippen LogP contribution in [0.15, 0.2) is 30.0 Å². The van der Waals surface area contributed by atoms with Crippen molar-refractivity contribution in [3.63, 3.8) is 0 Å². The summed E-state index contributed by atoms with van der Waals surface area (Å²) >= 11 is 0. The minimum atomic E-state index is 0.592. The number of pyridine rings is 1. The van der Waals surface area contributed by atoms with Gasteiger partial charge in [0.1, 0.15) is 5.82 Å². The summed E-state index contributed by atoms with van der Waals surface area (Å²) in [6.07, 6.45) is 9.57. The van der Waals surface area contributed by atoms with E-state index in [1.807, 2.05) is 12.3 Å². The largest absolute Gasteiger partial charge is 0.369 e. The first-order chi connectivity index (χ1) is 7.45. The Morgan fingerprint density at radius 3 is 3.20 bits per heavy atom. The van der Waals surface area contributed by atoms with Gasteiger partial charge in [0, 0.05) is 24.2 Å². The van der Waals surface area contributed by atoms with Gasteiger partial charge in [-0.3, -0.25) is 0 Å². The fraction of sp³-hybridized carbons (Fsp3) is 0.462. The smallest absolute Gasteiger partial charge is 0.129 e. The minimum absolute atomic E-state index is 0.592. The van der Waals surface area contributed by atoms with Gasteiger partial charge in [0.25, 0.3) is 0 Å². The van der Waals surface area contributed by atoms with Crippen LogP contribution in [-0.4, -0.2) is 11.5 Å². The highest BCUT2D eigenvalue weighted by atomic mass is 15.0. The van der Waals surface area contributed by atoms with Crippen molar-refractivity contribution < 1.29 is 0 Å². The quantitative estimate of drug-likeness (QED) is 0.705. The topological polar surface area (TPSA) is 24.9 Å². The van der Waals surface area contributed by atoms with Gasteiger partial charge in [-0.25, -0.2) is 4.98 Å². The van der Waals surface area contributed by atoms with E-state index in [0.29, 0.717) is 5.92 Å². The summed E-state index contributed by atoms with van der Waals surface area (Å²) in [6.45, 7) is 1.04. The van der Waals surface area contributed by atoms with Crippen LogP contribution in [0.3, 0.4) is 0 Å². The molecular weight excluding hydrogens is 184 g/mol. The normalized spacial score (nSPS) is 24.3. The van der Waals surface area contributed by atoms with Gasteiger partial charge in [0.2, 0.25) is 0 Å². The van der Waals surface area contributed by atoms with Gasteiger partial charge in [-0.15, -0.1) is 0 Å². The molecule has 0 fully saturated rings. The molecule has 15 heavy (non-hydrogen) atoms. The van der Waals surface area contributed by atoms with Crippen LogP contribution in [0.4, 0.5) is 5.82 Å². The SMILES string of the molecule is C1=C(C2CNc3ncccc32)CCCC1. The zero-order chi connectivity index (χ0) is 10.1. The van der Waals surface area contributed by atoms with Gasteiger partial charge in [0.15, 0.2) is 0 Å². The van der Waals surface area contributed by atoms with E-state index in [4.69, 9.17) is 0 Å². The number of nitrogens with one attached hydrogen (secondary N) is 1. The predicted octanol–water partition coefficient (Wildman–Crippen LogP) is 3.09. The Morgan fingerprint density at radius 1 is 1.33 bits per heavy atom. The van der Waals surface area contributed by atoms with E-state index in [1.54, 1.807) is 5.57 Å². The van der Waals surface area contributed by atoms with Gasteiger partial charge in [-0.1, -0.05) is 17.7 Å². The fourth-order valence-corrected chi connectivity index (χ4v) is 2.67. The van der Waals surface area contributed by atoms with E-state index in [9.17, 15) is 0 Å². The molecule has 2 heteroatoms. The molecule has 1 N–H and O–H groups in total. The minimum Gasteiger partial charge on any atom is -0.369 e. The van der Waals surface area contributed by atoms with Crippen LogP contribution < -0.4 is 5.32 Å². The van der Waals surface area contributed by atoms with E-state index >= 15 is 0 Å². The first kappa shape index (κ1) is 8.96. The molecule has 0 radical (unpaired) electrons. The van der Waals surface area contributed by atoms with Crippen molar-refractivity contribution in [2.75, 3.05) is 11.9 Å². The molecule has 0 amide bonds. The van der Waals surface area contributed by atoms with E-state index in [1.165, 1.54) is 31.2 Å². The molecule has 0 bridgehead atoms. The van der Waals surface area contributed by atoms with Crippen molar-refractivity contribution in [2.24, 2.45) is 0 Å². The number of anilines is 1. The first-order valence-electron chi connectivity index (χ1n) is 5.83. The number of aromatic nitrogens is 1. The number of hydrogen-bond acceptors (Lipinski definition) is 2. The highest BCUT2D eigenvalue weighted by Crippen LogP contribution is 2.38. The van der Waals surface area contributed by atoms with Crippen LogP contribution in [-0.2, 0) is 0 Å². The van der Waals surface area contributed by atoms with Gasteiger partial charge < -0.3 is 5.32 Å². The van der Waals surface area contributed by atoms with Crippen LogP contribution >= 0.6 is 0 Å². The second kappa shape index (κ2) is 3.69. The fourth-order valence-electron chi connectivity index (χ4n) is 2.67. The molecule has 1 atom stereocenters. The third-order valence-corrected chi connectivity index (χ3v) is 3.46. The van der Waals surface area contributed by atoms with Crippen molar-refractivity contribution in [3.05, 3.63) is 35.5 Å². The molecule has 1 aromatic rings. The Bertz CT molecular complexity index is 395. The van der Waals surface area contributed by atoms with E-state index < -0.39 is 0 Å². The van der Waals surface area contributed by atoms with E-state index in [-0.39, 0.29) is 0 Å². The third kappa shape index (κ3) is 1.54. The second-order valence-corrected chi connectivity index (χ2v) is 4.40. The molecule has 3 rings (SSSR count). The lowest BCUT2D eigenvalue weighted by molar-refractivity contribution is 0.656. The van der Waals surface area contributed by atoms with Gasteiger partial charge in [0.05, 0.1) is 0 Å². The summed E-state index contributed by atoms with van der Waals surface area (Å²) < 4.78 is 0. The Morgan fingerprint density at radius 2 is 2.33 bits per heavy atom. The zero-order valence-electron chi connectivity index (χ0n) is 8.87. The molecule has 78 valence electrons. The van der Waals surface area contributed by atoms with Gasteiger partial charge in [-0.05, 0) is 31.7 Å². The molecule has 0 aromatic carbocycles. The molecule has 0 saturated carbocycles. The van der Waals surface area contributed by atoms with Crippen molar-refractivity contribution in [1.29, 1.82) is 0 Å². The molecule has 2 heterocycles. The number of hydrogen-bond donors (Lipinski definition) is 1. The van der Waals surface area contributed by atoms with Crippen LogP contribution in [0.25, 0.3) is 0 Å². The number of rotatable bonds is 1. The monoisotopic (exact) mass is 200 g/mol. The maximum atomic E-state index is 4.37. The average Bonchev–Trinajstić information content (AvgIpc) is 2.74. The summed E-state index contributed by atoms with van der Waals surface area (Å²) in [4.78, 5) is 4.37. The lowest BCUT2D eigenvalue weighted by atomic mass is 9.86. The van der Waals surface area contributed by atoms with Gasteiger partial charge >= 0.3 is 0 Å². The molecule has 2 aliphatic rings. The molecule has 1 unspecified atom stereocenters. The predicted molar refractivity (Wildman–Crippen MR) is 62.0 cm³/mol. The molecule has 0 saturated heterocycles. The Hall–Kier alpha value is -1.31. The standard InChI is InChI=1S/C13H16N2/c1-2-5-10(6-3-1)12-9-15-13-11(12)7-4-8-14-13/h4-5,7-8,12H,1-3,6,9H2,(H,14,15). The zero-order valence-corrected chi connectivity index (χ0v) is 8.87. The van der Waals surface area contributed by atoms with Crippen molar-refractivity contribution in [3.8, 4) is 0 Å². The Kier molecular flexibility index (Phi) is 2.20. The highest BCUT2D eigenvalue weighted by molar-refractivity contribution is 5.54. The number of fused-ring (bicyclic) bond motifs is 1. The second-order valence-electron chi connectivity index (χ2n) is 4.40. The number of allylic oxidation sites excluding steroid dienone is 1. The maximum absolute atomic E-state index is 4.37. The summed E-state index contributed by atoms with van der Waals surface area (Å²) in [6, 6.07) is 4.25. The molecular formula is C13H16N2. The van der Waals surface area contributed by atoms with Crippen molar-refractivity contribution in [2.45, 2.75) is 31.6 Å². The van der Waals surface area contributed by atoms with Crippen molar-refractivity contribution >= 4 is 5.82 Å². The molecule has 1 aliphatic heterocycles. The molecule has 0 spiro atoms.